The molecule has 0 aromatic heterocycles. The number of phenols is 2. The number of amides is 2. The predicted molar refractivity (Wildman–Crippen MR) is 74.2 cm³/mol. The standard InChI is InChI=1S/C14H18N2O5/c1-16(9-3-4-9)14(21)15-10(13(19)20)6-8-2-5-11(17)12(18)7-8/h2,5,7,9-10,17-18H,3-4,6H2,1H3,(H,15,21)(H,19,20). The van der Waals surface area contributed by atoms with Crippen LogP contribution in [0.5, 0.6) is 11.5 Å². The highest BCUT2D eigenvalue weighted by Crippen LogP contribution is 2.26. The maximum atomic E-state index is 11.9. The smallest absolute Gasteiger partial charge is 0.326 e. The number of phenolic OH excluding ortho intramolecular Hbond substituents is 2. The Labute approximate surface area is 121 Å². The van der Waals surface area contributed by atoms with Crippen molar-refractivity contribution in [3.63, 3.8) is 0 Å². The Hall–Kier alpha value is -2.44. The number of carbonyl (C=O) groups excluding carboxylic acids is 1. The van der Waals surface area contributed by atoms with Gasteiger partial charge in [-0.25, -0.2) is 9.59 Å². The number of nitrogens with one attached hydrogen (secondary N) is 1. The summed E-state index contributed by atoms with van der Waals surface area (Å²) < 4.78 is 0. The third kappa shape index (κ3) is 3.77. The van der Waals surface area contributed by atoms with Gasteiger partial charge in [0.1, 0.15) is 6.04 Å². The zero-order chi connectivity index (χ0) is 15.6. The number of carboxylic acid groups (broad SMARTS) is 1. The highest BCUT2D eigenvalue weighted by molar-refractivity contribution is 5.83. The topological polar surface area (TPSA) is 110 Å². The van der Waals surface area contributed by atoms with Gasteiger partial charge in [0.2, 0.25) is 0 Å². The lowest BCUT2D eigenvalue weighted by atomic mass is 10.1. The van der Waals surface area contributed by atoms with Gasteiger partial charge in [-0.05, 0) is 30.5 Å². The molecule has 1 aromatic rings. The number of hydrogen-bond acceptors (Lipinski definition) is 4. The molecule has 114 valence electrons. The molecular weight excluding hydrogens is 276 g/mol. The van der Waals surface area contributed by atoms with Crippen LogP contribution >= 0.6 is 0 Å². The molecule has 1 aliphatic carbocycles. The quantitative estimate of drug-likeness (QED) is 0.603. The number of benzene rings is 1. The zero-order valence-electron chi connectivity index (χ0n) is 11.6. The molecule has 0 bridgehead atoms. The first-order valence-corrected chi connectivity index (χ1v) is 6.65. The summed E-state index contributed by atoms with van der Waals surface area (Å²) in [5, 5.41) is 30.3. The molecule has 1 fully saturated rings. The van der Waals surface area contributed by atoms with Crippen molar-refractivity contribution in [1.82, 2.24) is 10.2 Å². The van der Waals surface area contributed by atoms with E-state index in [4.69, 9.17) is 0 Å². The van der Waals surface area contributed by atoms with Crippen molar-refractivity contribution in [2.45, 2.75) is 31.3 Å². The SMILES string of the molecule is CN(C(=O)NC(Cc1ccc(O)c(O)c1)C(=O)O)C1CC1. The fourth-order valence-electron chi connectivity index (χ4n) is 2.01. The Bertz CT molecular complexity index is 556. The number of urea groups is 1. The van der Waals surface area contributed by atoms with Gasteiger partial charge in [-0.1, -0.05) is 6.07 Å². The number of carboxylic acids is 1. The van der Waals surface area contributed by atoms with E-state index >= 15 is 0 Å². The van der Waals surface area contributed by atoms with Crippen molar-refractivity contribution in [2.75, 3.05) is 7.05 Å². The number of rotatable bonds is 5. The van der Waals surface area contributed by atoms with Gasteiger partial charge in [0.25, 0.3) is 0 Å². The summed E-state index contributed by atoms with van der Waals surface area (Å²) in [4.78, 5) is 24.7. The van der Waals surface area contributed by atoms with Gasteiger partial charge < -0.3 is 25.5 Å². The summed E-state index contributed by atoms with van der Waals surface area (Å²) >= 11 is 0. The molecule has 0 saturated heterocycles. The van der Waals surface area contributed by atoms with Crippen LogP contribution in [0.1, 0.15) is 18.4 Å². The minimum atomic E-state index is -1.15. The Kier molecular flexibility index (Phi) is 4.21. The van der Waals surface area contributed by atoms with Crippen LogP contribution in [0.15, 0.2) is 18.2 Å². The molecule has 1 atom stereocenters. The second kappa shape index (κ2) is 5.90. The van der Waals surface area contributed by atoms with Crippen LogP contribution in [-0.4, -0.2) is 51.4 Å². The van der Waals surface area contributed by atoms with Gasteiger partial charge in [0.05, 0.1) is 0 Å². The van der Waals surface area contributed by atoms with E-state index in [1.54, 1.807) is 7.05 Å². The molecule has 0 radical (unpaired) electrons. The largest absolute Gasteiger partial charge is 0.504 e. The van der Waals surface area contributed by atoms with Gasteiger partial charge in [-0.3, -0.25) is 0 Å². The molecule has 0 aliphatic heterocycles. The van der Waals surface area contributed by atoms with Gasteiger partial charge >= 0.3 is 12.0 Å². The third-order valence-electron chi connectivity index (χ3n) is 3.49. The Balaban J connectivity index is 2.02. The van der Waals surface area contributed by atoms with Crippen LogP contribution in [0.25, 0.3) is 0 Å². The van der Waals surface area contributed by atoms with Crippen molar-refractivity contribution < 1.29 is 24.9 Å². The maximum Gasteiger partial charge on any atom is 0.326 e. The molecule has 2 amide bonds. The van der Waals surface area contributed by atoms with Gasteiger partial charge in [-0.2, -0.15) is 0 Å². The van der Waals surface area contributed by atoms with Gasteiger partial charge in [0.15, 0.2) is 11.5 Å². The highest BCUT2D eigenvalue weighted by Gasteiger charge is 2.31. The summed E-state index contributed by atoms with van der Waals surface area (Å²) in [5.74, 6) is -1.75. The average Bonchev–Trinajstić information content (AvgIpc) is 3.25. The number of hydrogen-bond donors (Lipinski definition) is 4. The lowest BCUT2D eigenvalue weighted by Gasteiger charge is -2.21. The van der Waals surface area contributed by atoms with E-state index in [1.807, 2.05) is 0 Å². The lowest BCUT2D eigenvalue weighted by Crippen LogP contribution is -2.48. The fourth-order valence-corrected chi connectivity index (χ4v) is 2.01. The number of carbonyl (C=O) groups is 2. The van der Waals surface area contributed by atoms with E-state index in [9.17, 15) is 24.9 Å². The highest BCUT2D eigenvalue weighted by atomic mass is 16.4. The molecule has 7 heteroatoms. The van der Waals surface area contributed by atoms with Crippen molar-refractivity contribution in [2.24, 2.45) is 0 Å². The minimum Gasteiger partial charge on any atom is -0.504 e. The first kappa shape index (κ1) is 15.0. The van der Waals surface area contributed by atoms with Crippen LogP contribution < -0.4 is 5.32 Å². The normalized spacial score (nSPS) is 15.3. The maximum absolute atomic E-state index is 11.9. The number of aliphatic carboxylic acids is 1. The minimum absolute atomic E-state index is 0.0212. The van der Waals surface area contributed by atoms with E-state index in [0.29, 0.717) is 5.56 Å². The Morgan fingerprint density at radius 2 is 2.00 bits per heavy atom. The van der Waals surface area contributed by atoms with Crippen LogP contribution in [0.4, 0.5) is 4.79 Å². The Morgan fingerprint density at radius 1 is 1.33 bits per heavy atom. The molecule has 1 aromatic carbocycles. The second-order valence-electron chi connectivity index (χ2n) is 5.21. The summed E-state index contributed by atoms with van der Waals surface area (Å²) in [6.07, 6.45) is 1.90. The lowest BCUT2D eigenvalue weighted by molar-refractivity contribution is -0.139. The van der Waals surface area contributed by atoms with Crippen LogP contribution in [0.3, 0.4) is 0 Å². The second-order valence-corrected chi connectivity index (χ2v) is 5.21. The monoisotopic (exact) mass is 294 g/mol. The average molecular weight is 294 g/mol. The first-order chi connectivity index (χ1) is 9.88. The predicted octanol–water partition coefficient (Wildman–Crippen LogP) is 0.897. The fraction of sp³-hybridized carbons (Fsp3) is 0.429. The van der Waals surface area contributed by atoms with Crippen LogP contribution in [-0.2, 0) is 11.2 Å². The van der Waals surface area contributed by atoms with E-state index < -0.39 is 18.0 Å². The van der Waals surface area contributed by atoms with E-state index in [2.05, 4.69) is 5.32 Å². The molecular formula is C14H18N2O5. The Morgan fingerprint density at radius 3 is 2.52 bits per heavy atom. The number of nitrogens with zero attached hydrogens (tertiary/aromatic N) is 1. The summed E-state index contributed by atoms with van der Waals surface area (Å²) in [5.41, 5.74) is 0.507. The zero-order valence-corrected chi connectivity index (χ0v) is 11.6. The third-order valence-corrected chi connectivity index (χ3v) is 3.49. The summed E-state index contributed by atoms with van der Waals surface area (Å²) in [6, 6.07) is 2.73. The van der Waals surface area contributed by atoms with E-state index in [0.717, 1.165) is 12.8 Å². The van der Waals surface area contributed by atoms with E-state index in [-0.39, 0.29) is 24.0 Å². The number of aromatic hydroxyl groups is 2. The van der Waals surface area contributed by atoms with Crippen LogP contribution in [0, 0.1) is 0 Å². The van der Waals surface area contributed by atoms with Gasteiger partial charge in [0, 0.05) is 19.5 Å². The van der Waals surface area contributed by atoms with Crippen LogP contribution in [0.2, 0.25) is 0 Å². The molecule has 0 spiro atoms. The van der Waals surface area contributed by atoms with Crippen molar-refractivity contribution in [1.29, 1.82) is 0 Å². The van der Waals surface area contributed by atoms with Crippen molar-refractivity contribution in [3.8, 4) is 11.5 Å². The summed E-state index contributed by atoms with van der Waals surface area (Å²) in [6.45, 7) is 0. The molecule has 2 rings (SSSR count). The molecule has 0 heterocycles. The molecule has 4 N–H and O–H groups in total. The molecule has 1 aliphatic rings. The molecule has 21 heavy (non-hydrogen) atoms. The van der Waals surface area contributed by atoms with Crippen molar-refractivity contribution in [3.05, 3.63) is 23.8 Å². The van der Waals surface area contributed by atoms with E-state index in [1.165, 1.54) is 23.1 Å². The molecule has 1 saturated carbocycles. The summed E-state index contributed by atoms with van der Waals surface area (Å²) in [7, 11) is 1.64. The van der Waals surface area contributed by atoms with Crippen molar-refractivity contribution >= 4 is 12.0 Å². The molecule has 7 nitrogen and oxygen atoms in total. The first-order valence-electron chi connectivity index (χ1n) is 6.65. The molecule has 1 unspecified atom stereocenters. The van der Waals surface area contributed by atoms with Gasteiger partial charge in [-0.15, -0.1) is 0 Å².